The van der Waals surface area contributed by atoms with Crippen molar-refractivity contribution in [3.8, 4) is 28.3 Å². The van der Waals surface area contributed by atoms with Crippen LogP contribution in [0.15, 0.2) is 54.6 Å². The van der Waals surface area contributed by atoms with Gasteiger partial charge in [-0.05, 0) is 45.9 Å². The predicted octanol–water partition coefficient (Wildman–Crippen LogP) is 5.16. The SMILES string of the molecule is Cc1nc2cc(-c3ccccc3)nn2c(-c2ccc(O)c(F)c2)c1C(OC(C)(C)C)C(=O)O. The van der Waals surface area contributed by atoms with Gasteiger partial charge in [0.2, 0.25) is 0 Å². The van der Waals surface area contributed by atoms with Crippen molar-refractivity contribution in [1.29, 1.82) is 0 Å². The van der Waals surface area contributed by atoms with Crippen molar-refractivity contribution in [3.05, 3.63) is 71.7 Å². The normalized spacial score (nSPS) is 12.8. The number of aryl methyl sites for hydroxylation is 1. The van der Waals surface area contributed by atoms with E-state index in [0.717, 1.165) is 11.6 Å². The topological polar surface area (TPSA) is 97.0 Å². The number of rotatable bonds is 5. The first-order chi connectivity index (χ1) is 15.5. The maximum absolute atomic E-state index is 14.4. The molecule has 1 unspecified atom stereocenters. The Bertz CT molecular complexity index is 1340. The van der Waals surface area contributed by atoms with Crippen LogP contribution in [-0.4, -0.2) is 36.4 Å². The van der Waals surface area contributed by atoms with Gasteiger partial charge in [0.05, 0.1) is 17.0 Å². The Morgan fingerprint density at radius 1 is 1.09 bits per heavy atom. The van der Waals surface area contributed by atoms with Gasteiger partial charge in [-0.15, -0.1) is 0 Å². The fraction of sp³-hybridized carbons (Fsp3) is 0.240. The number of phenols is 1. The number of fused-ring (bicyclic) bond motifs is 1. The summed E-state index contributed by atoms with van der Waals surface area (Å²) in [6.07, 6.45) is -1.38. The summed E-state index contributed by atoms with van der Waals surface area (Å²) in [5, 5.41) is 24.4. The minimum atomic E-state index is -1.38. The van der Waals surface area contributed by atoms with E-state index in [1.165, 1.54) is 16.6 Å². The third kappa shape index (κ3) is 4.42. The van der Waals surface area contributed by atoms with Crippen LogP contribution in [0.1, 0.15) is 38.1 Å². The van der Waals surface area contributed by atoms with Gasteiger partial charge in [-0.3, -0.25) is 0 Å². The number of phenolic OH excluding ortho intramolecular Hbond substituents is 1. The lowest BCUT2D eigenvalue weighted by Gasteiger charge is -2.27. The molecule has 4 aromatic rings. The molecule has 0 radical (unpaired) electrons. The largest absolute Gasteiger partial charge is 0.505 e. The van der Waals surface area contributed by atoms with E-state index in [-0.39, 0.29) is 5.56 Å². The first-order valence-electron chi connectivity index (χ1n) is 10.4. The number of carboxylic acid groups (broad SMARTS) is 1. The van der Waals surface area contributed by atoms with Crippen LogP contribution < -0.4 is 0 Å². The molecule has 2 heterocycles. The Morgan fingerprint density at radius 3 is 2.39 bits per heavy atom. The third-order valence-corrected chi connectivity index (χ3v) is 5.08. The molecule has 0 aliphatic rings. The van der Waals surface area contributed by atoms with Gasteiger partial charge in [0, 0.05) is 28.5 Å². The minimum Gasteiger partial charge on any atom is -0.505 e. The van der Waals surface area contributed by atoms with Crippen LogP contribution in [0.25, 0.3) is 28.2 Å². The van der Waals surface area contributed by atoms with E-state index >= 15 is 0 Å². The molecule has 0 aliphatic heterocycles. The summed E-state index contributed by atoms with van der Waals surface area (Å²) in [7, 11) is 0. The number of aliphatic carboxylic acids is 1. The van der Waals surface area contributed by atoms with E-state index in [1.54, 1.807) is 33.8 Å². The van der Waals surface area contributed by atoms with Gasteiger partial charge in [-0.2, -0.15) is 5.10 Å². The Kier molecular flexibility index (Phi) is 5.63. The standard InChI is InChI=1S/C25H24FN3O4/c1-14-21(23(24(31)32)33-25(2,3)4)22(16-10-11-19(30)17(26)12-16)29-20(27-14)13-18(28-29)15-8-6-5-7-9-15/h5-13,23,30H,1-4H3,(H,31,32). The number of ether oxygens (including phenoxy) is 1. The maximum Gasteiger partial charge on any atom is 0.337 e. The molecular formula is C25H24FN3O4. The van der Waals surface area contributed by atoms with Crippen molar-refractivity contribution in [2.45, 2.75) is 39.4 Å². The number of aromatic hydroxyl groups is 1. The number of hydrogen-bond acceptors (Lipinski definition) is 5. The molecule has 4 rings (SSSR count). The van der Waals surface area contributed by atoms with E-state index in [9.17, 15) is 19.4 Å². The Morgan fingerprint density at radius 2 is 1.79 bits per heavy atom. The minimum absolute atomic E-state index is 0.262. The van der Waals surface area contributed by atoms with Crippen molar-refractivity contribution in [2.24, 2.45) is 0 Å². The quantitative estimate of drug-likeness (QED) is 0.437. The summed E-state index contributed by atoms with van der Waals surface area (Å²) in [6, 6.07) is 15.1. The van der Waals surface area contributed by atoms with Crippen LogP contribution in [0.4, 0.5) is 4.39 Å². The van der Waals surface area contributed by atoms with Crippen molar-refractivity contribution in [1.82, 2.24) is 14.6 Å². The number of benzene rings is 2. The van der Waals surface area contributed by atoms with Crippen LogP contribution >= 0.6 is 0 Å². The van der Waals surface area contributed by atoms with Crippen LogP contribution in [-0.2, 0) is 9.53 Å². The molecule has 170 valence electrons. The smallest absolute Gasteiger partial charge is 0.337 e. The monoisotopic (exact) mass is 449 g/mol. The van der Waals surface area contributed by atoms with Gasteiger partial charge in [0.1, 0.15) is 0 Å². The fourth-order valence-electron chi connectivity index (χ4n) is 3.72. The van der Waals surface area contributed by atoms with E-state index in [1.807, 2.05) is 30.3 Å². The van der Waals surface area contributed by atoms with Crippen molar-refractivity contribution >= 4 is 11.6 Å². The van der Waals surface area contributed by atoms with Crippen LogP contribution in [0.2, 0.25) is 0 Å². The number of halogens is 1. The van der Waals surface area contributed by atoms with Gasteiger partial charge >= 0.3 is 5.97 Å². The number of carboxylic acids is 1. The highest BCUT2D eigenvalue weighted by Gasteiger charge is 2.33. The number of carbonyl (C=O) groups is 1. The average molecular weight is 449 g/mol. The summed E-state index contributed by atoms with van der Waals surface area (Å²) >= 11 is 0. The molecule has 1 atom stereocenters. The highest BCUT2D eigenvalue weighted by molar-refractivity contribution is 5.81. The van der Waals surface area contributed by atoms with Gasteiger partial charge in [0.15, 0.2) is 23.3 Å². The molecule has 33 heavy (non-hydrogen) atoms. The summed E-state index contributed by atoms with van der Waals surface area (Å²) in [6.45, 7) is 6.95. The first kappa shape index (κ1) is 22.4. The van der Waals surface area contributed by atoms with Gasteiger partial charge < -0.3 is 14.9 Å². The Hall–Kier alpha value is -3.78. The second-order valence-electron chi connectivity index (χ2n) is 8.74. The molecule has 0 spiro atoms. The molecule has 2 N–H and O–H groups in total. The van der Waals surface area contributed by atoms with Crippen LogP contribution in [0.5, 0.6) is 5.75 Å². The molecule has 0 bridgehead atoms. The molecule has 0 amide bonds. The van der Waals surface area contributed by atoms with E-state index in [0.29, 0.717) is 28.3 Å². The molecule has 2 aromatic heterocycles. The van der Waals surface area contributed by atoms with E-state index < -0.39 is 29.2 Å². The zero-order valence-electron chi connectivity index (χ0n) is 18.7. The van der Waals surface area contributed by atoms with Crippen molar-refractivity contribution in [3.63, 3.8) is 0 Å². The van der Waals surface area contributed by atoms with Crippen LogP contribution in [0.3, 0.4) is 0 Å². The molecule has 0 saturated heterocycles. The maximum atomic E-state index is 14.4. The molecule has 7 nitrogen and oxygen atoms in total. The average Bonchev–Trinajstić information content (AvgIpc) is 3.17. The molecule has 0 fully saturated rings. The lowest BCUT2D eigenvalue weighted by molar-refractivity contribution is -0.160. The lowest BCUT2D eigenvalue weighted by Crippen LogP contribution is -2.29. The molecule has 2 aromatic carbocycles. The number of nitrogens with zero attached hydrogens (tertiary/aromatic N) is 3. The Labute approximate surface area is 190 Å². The highest BCUT2D eigenvalue weighted by atomic mass is 19.1. The molecule has 8 heteroatoms. The molecule has 0 aliphatic carbocycles. The molecule has 0 saturated carbocycles. The van der Waals surface area contributed by atoms with Crippen LogP contribution in [0, 0.1) is 12.7 Å². The fourth-order valence-corrected chi connectivity index (χ4v) is 3.72. The summed E-state index contributed by atoms with van der Waals surface area (Å²) in [5.74, 6) is -2.54. The third-order valence-electron chi connectivity index (χ3n) is 5.08. The molecular weight excluding hydrogens is 425 g/mol. The first-order valence-corrected chi connectivity index (χ1v) is 10.4. The number of hydrogen-bond donors (Lipinski definition) is 2. The summed E-state index contributed by atoms with van der Waals surface area (Å²) < 4.78 is 21.8. The zero-order chi connectivity index (χ0) is 23.9. The Balaban J connectivity index is 2.06. The highest BCUT2D eigenvalue weighted by Crippen LogP contribution is 2.37. The lowest BCUT2D eigenvalue weighted by atomic mass is 9.98. The van der Waals surface area contributed by atoms with Gasteiger partial charge in [0.25, 0.3) is 0 Å². The van der Waals surface area contributed by atoms with E-state index in [4.69, 9.17) is 4.74 Å². The van der Waals surface area contributed by atoms with Gasteiger partial charge in [-0.25, -0.2) is 18.7 Å². The van der Waals surface area contributed by atoms with Gasteiger partial charge in [-0.1, -0.05) is 30.3 Å². The predicted molar refractivity (Wildman–Crippen MR) is 121 cm³/mol. The summed E-state index contributed by atoms with van der Waals surface area (Å²) in [5.41, 5.74) is 2.52. The van der Waals surface area contributed by atoms with E-state index in [2.05, 4.69) is 10.1 Å². The zero-order valence-corrected chi connectivity index (χ0v) is 18.7. The second kappa shape index (κ2) is 8.29. The van der Waals surface area contributed by atoms with Crippen molar-refractivity contribution < 1.29 is 24.1 Å². The van der Waals surface area contributed by atoms with Crippen molar-refractivity contribution in [2.75, 3.05) is 0 Å². The number of aromatic nitrogens is 3. The second-order valence-corrected chi connectivity index (χ2v) is 8.74. The summed E-state index contributed by atoms with van der Waals surface area (Å²) in [4.78, 5) is 16.9.